The Balaban J connectivity index is 1.84. The molecule has 0 aromatic carbocycles. The van der Waals surface area contributed by atoms with Gasteiger partial charge in [0.15, 0.2) is 0 Å². The van der Waals surface area contributed by atoms with Crippen LogP contribution in [0, 0.1) is 0 Å². The summed E-state index contributed by atoms with van der Waals surface area (Å²) in [5, 5.41) is 0. The van der Waals surface area contributed by atoms with Gasteiger partial charge < -0.3 is 9.64 Å². The van der Waals surface area contributed by atoms with Gasteiger partial charge in [0.25, 0.3) is 0 Å². The first-order valence-electron chi connectivity index (χ1n) is 4.74. The minimum Gasteiger partial charge on any atom is -0.468 e. The first-order chi connectivity index (χ1) is 6.22. The van der Waals surface area contributed by atoms with Crippen molar-refractivity contribution in [1.82, 2.24) is 9.80 Å². The molecule has 0 aromatic heterocycles. The number of likely N-dealkylation sites (tertiary alicyclic amines) is 2. The maximum Gasteiger partial charge on any atom is 0.323 e. The van der Waals surface area contributed by atoms with E-state index in [0.29, 0.717) is 6.04 Å². The monoisotopic (exact) mass is 184 g/mol. The summed E-state index contributed by atoms with van der Waals surface area (Å²) >= 11 is 0. The maximum absolute atomic E-state index is 11.3. The lowest BCUT2D eigenvalue weighted by Crippen LogP contribution is -2.66. The Bertz CT molecular complexity index is 214. The highest BCUT2D eigenvalue weighted by atomic mass is 16.5. The third-order valence-electron chi connectivity index (χ3n) is 3.05. The maximum atomic E-state index is 11.3. The highest BCUT2D eigenvalue weighted by Crippen LogP contribution is 2.25. The van der Waals surface area contributed by atoms with E-state index in [0.717, 1.165) is 26.1 Å². The topological polar surface area (TPSA) is 32.8 Å². The minimum absolute atomic E-state index is 0.0451. The molecular formula is C9H16N2O2. The molecule has 1 atom stereocenters. The number of carbonyl (C=O) groups excluding carboxylic acids is 1. The van der Waals surface area contributed by atoms with Crippen molar-refractivity contribution in [3.63, 3.8) is 0 Å². The average Bonchev–Trinajstić information content (AvgIpc) is 1.99. The molecule has 0 N–H and O–H groups in total. The highest BCUT2D eigenvalue weighted by molar-refractivity contribution is 5.76. The molecule has 0 amide bonds. The van der Waals surface area contributed by atoms with E-state index in [1.54, 1.807) is 0 Å². The normalized spacial score (nSPS) is 30.8. The molecule has 0 aliphatic carbocycles. The van der Waals surface area contributed by atoms with Crippen LogP contribution in [0.2, 0.25) is 0 Å². The van der Waals surface area contributed by atoms with E-state index < -0.39 is 0 Å². The largest absolute Gasteiger partial charge is 0.468 e. The molecule has 0 spiro atoms. The standard InChI is InChI=1S/C9H16N2O2/c1-10-5-7(6-10)11-4-3-8(11)9(12)13-2/h7-8H,3-6H2,1-2H3. The van der Waals surface area contributed by atoms with Crippen LogP contribution in [0.5, 0.6) is 0 Å². The summed E-state index contributed by atoms with van der Waals surface area (Å²) in [7, 11) is 3.56. The van der Waals surface area contributed by atoms with Crippen molar-refractivity contribution in [2.24, 2.45) is 0 Å². The molecule has 4 nitrogen and oxygen atoms in total. The summed E-state index contributed by atoms with van der Waals surface area (Å²) in [4.78, 5) is 15.8. The Morgan fingerprint density at radius 3 is 2.54 bits per heavy atom. The summed E-state index contributed by atoms with van der Waals surface area (Å²) in [6.45, 7) is 3.24. The van der Waals surface area contributed by atoms with Crippen molar-refractivity contribution in [3.8, 4) is 0 Å². The van der Waals surface area contributed by atoms with Crippen molar-refractivity contribution >= 4 is 5.97 Å². The van der Waals surface area contributed by atoms with Gasteiger partial charge >= 0.3 is 5.97 Å². The first kappa shape index (κ1) is 8.97. The van der Waals surface area contributed by atoms with Crippen molar-refractivity contribution in [1.29, 1.82) is 0 Å². The van der Waals surface area contributed by atoms with Crippen LogP contribution in [-0.2, 0) is 9.53 Å². The third kappa shape index (κ3) is 1.44. The van der Waals surface area contributed by atoms with Crippen LogP contribution in [0.4, 0.5) is 0 Å². The number of hydrogen-bond donors (Lipinski definition) is 0. The van der Waals surface area contributed by atoms with Gasteiger partial charge in [-0.15, -0.1) is 0 Å². The summed E-state index contributed by atoms with van der Waals surface area (Å²) in [5.74, 6) is -0.0687. The number of carbonyl (C=O) groups is 1. The summed E-state index contributed by atoms with van der Waals surface area (Å²) in [6, 6.07) is 0.631. The van der Waals surface area contributed by atoms with Gasteiger partial charge in [-0.1, -0.05) is 0 Å². The summed E-state index contributed by atoms with van der Waals surface area (Å²) in [5.41, 5.74) is 0. The molecule has 4 heteroatoms. The smallest absolute Gasteiger partial charge is 0.323 e. The van der Waals surface area contributed by atoms with E-state index in [4.69, 9.17) is 4.74 Å². The van der Waals surface area contributed by atoms with Crippen LogP contribution >= 0.6 is 0 Å². The zero-order chi connectivity index (χ0) is 9.42. The van der Waals surface area contributed by atoms with Gasteiger partial charge in [0.1, 0.15) is 6.04 Å². The number of methoxy groups -OCH3 is 1. The van der Waals surface area contributed by atoms with Gasteiger partial charge in [0.05, 0.1) is 7.11 Å². The second-order valence-electron chi connectivity index (χ2n) is 3.94. The molecule has 0 bridgehead atoms. The van der Waals surface area contributed by atoms with E-state index in [-0.39, 0.29) is 12.0 Å². The van der Waals surface area contributed by atoms with Gasteiger partial charge in [-0.2, -0.15) is 0 Å². The lowest BCUT2D eigenvalue weighted by atomic mass is 9.96. The van der Waals surface area contributed by atoms with Crippen molar-refractivity contribution < 1.29 is 9.53 Å². The second-order valence-corrected chi connectivity index (χ2v) is 3.94. The van der Waals surface area contributed by atoms with E-state index in [1.165, 1.54) is 7.11 Å². The summed E-state index contributed by atoms with van der Waals surface area (Å²) in [6.07, 6.45) is 0.965. The number of hydrogen-bond acceptors (Lipinski definition) is 4. The molecular weight excluding hydrogens is 168 g/mol. The Labute approximate surface area is 78.4 Å². The lowest BCUT2D eigenvalue weighted by molar-refractivity contribution is -0.156. The molecule has 0 saturated carbocycles. The number of rotatable bonds is 2. The van der Waals surface area contributed by atoms with Crippen molar-refractivity contribution in [3.05, 3.63) is 0 Å². The Morgan fingerprint density at radius 1 is 1.46 bits per heavy atom. The van der Waals surface area contributed by atoms with E-state index >= 15 is 0 Å². The predicted octanol–water partition coefficient (Wildman–Crippen LogP) is -0.452. The van der Waals surface area contributed by atoms with E-state index in [9.17, 15) is 4.79 Å². The molecule has 2 fully saturated rings. The lowest BCUT2D eigenvalue weighted by Gasteiger charge is -2.51. The Morgan fingerprint density at radius 2 is 2.15 bits per heavy atom. The van der Waals surface area contributed by atoms with Gasteiger partial charge in [0.2, 0.25) is 0 Å². The van der Waals surface area contributed by atoms with Crippen molar-refractivity contribution in [2.45, 2.75) is 18.5 Å². The van der Waals surface area contributed by atoms with Gasteiger partial charge in [-0.25, -0.2) is 0 Å². The average molecular weight is 184 g/mol. The van der Waals surface area contributed by atoms with Gasteiger partial charge in [-0.3, -0.25) is 9.69 Å². The fraction of sp³-hybridized carbons (Fsp3) is 0.889. The molecule has 0 aromatic rings. The van der Waals surface area contributed by atoms with E-state index in [1.807, 2.05) is 0 Å². The van der Waals surface area contributed by atoms with Crippen LogP contribution < -0.4 is 0 Å². The molecule has 2 saturated heterocycles. The van der Waals surface area contributed by atoms with Crippen LogP contribution in [0.1, 0.15) is 6.42 Å². The van der Waals surface area contributed by atoms with Crippen LogP contribution in [0.25, 0.3) is 0 Å². The number of likely N-dealkylation sites (N-methyl/N-ethyl adjacent to an activating group) is 1. The third-order valence-corrected chi connectivity index (χ3v) is 3.05. The molecule has 0 radical (unpaired) electrons. The van der Waals surface area contributed by atoms with Gasteiger partial charge in [0, 0.05) is 25.7 Å². The van der Waals surface area contributed by atoms with Crippen LogP contribution in [0.15, 0.2) is 0 Å². The Hall–Kier alpha value is -0.610. The van der Waals surface area contributed by atoms with Crippen LogP contribution in [0.3, 0.4) is 0 Å². The molecule has 2 heterocycles. The van der Waals surface area contributed by atoms with Crippen molar-refractivity contribution in [2.75, 3.05) is 33.8 Å². The zero-order valence-corrected chi connectivity index (χ0v) is 8.19. The predicted molar refractivity (Wildman–Crippen MR) is 48.4 cm³/mol. The number of ether oxygens (including phenoxy) is 1. The molecule has 13 heavy (non-hydrogen) atoms. The fourth-order valence-corrected chi connectivity index (χ4v) is 2.11. The van der Waals surface area contributed by atoms with Gasteiger partial charge in [-0.05, 0) is 13.5 Å². The second kappa shape index (κ2) is 3.27. The quantitative estimate of drug-likeness (QED) is 0.544. The number of esters is 1. The summed E-state index contributed by atoms with van der Waals surface area (Å²) < 4.78 is 4.74. The minimum atomic E-state index is -0.0687. The number of nitrogens with zero attached hydrogens (tertiary/aromatic N) is 2. The Kier molecular flexibility index (Phi) is 2.26. The van der Waals surface area contributed by atoms with E-state index in [2.05, 4.69) is 16.8 Å². The molecule has 1 unspecified atom stereocenters. The molecule has 74 valence electrons. The fourth-order valence-electron chi connectivity index (χ4n) is 2.11. The highest BCUT2D eigenvalue weighted by Gasteiger charge is 2.42. The molecule has 2 rings (SSSR count). The molecule has 2 aliphatic rings. The molecule has 2 aliphatic heterocycles. The zero-order valence-electron chi connectivity index (χ0n) is 8.19. The first-order valence-corrected chi connectivity index (χ1v) is 4.74. The van der Waals surface area contributed by atoms with Crippen LogP contribution in [-0.4, -0.2) is 61.6 Å². The SMILES string of the molecule is COC(=O)C1CCN1C1CN(C)C1.